The molecular weight excluding hydrogens is 238 g/mol. The Morgan fingerprint density at radius 2 is 2.05 bits per heavy atom. The zero-order valence-electron chi connectivity index (χ0n) is 11.6. The lowest BCUT2D eigenvalue weighted by atomic mass is 10.1. The Kier molecular flexibility index (Phi) is 3.44. The highest BCUT2D eigenvalue weighted by molar-refractivity contribution is 5.17. The molecule has 2 aliphatic rings. The molecule has 3 nitrogen and oxygen atoms in total. The molecule has 0 spiro atoms. The van der Waals surface area contributed by atoms with Gasteiger partial charge in [0.2, 0.25) is 0 Å². The third-order valence-corrected chi connectivity index (χ3v) is 3.73. The quantitative estimate of drug-likeness (QED) is 0.779. The standard InChI is InChI=1S/C16H21NO2/c1-16(2)18-12-15(19-16)14-9-6-10-17(14)11-13-7-4-3-5-8-13/h3-9,14-15H,10-12H2,1-2H3/t14-,15+/m0/s1. The monoisotopic (exact) mass is 259 g/mol. The summed E-state index contributed by atoms with van der Waals surface area (Å²) in [6, 6.07) is 10.9. The minimum atomic E-state index is -0.445. The minimum absolute atomic E-state index is 0.137. The SMILES string of the molecule is CC1(C)OC[C@H]([C@@H]2C=CCN2Cc2ccccc2)O1. The molecule has 3 heteroatoms. The smallest absolute Gasteiger partial charge is 0.163 e. The number of hydrogen-bond acceptors (Lipinski definition) is 3. The van der Waals surface area contributed by atoms with Crippen LogP contribution in [0.3, 0.4) is 0 Å². The Morgan fingerprint density at radius 3 is 2.74 bits per heavy atom. The molecule has 0 N–H and O–H groups in total. The number of benzene rings is 1. The first-order chi connectivity index (χ1) is 9.14. The van der Waals surface area contributed by atoms with Crippen LogP contribution in [0.4, 0.5) is 0 Å². The molecule has 0 unspecified atom stereocenters. The van der Waals surface area contributed by atoms with Gasteiger partial charge < -0.3 is 9.47 Å². The van der Waals surface area contributed by atoms with E-state index in [4.69, 9.17) is 9.47 Å². The van der Waals surface area contributed by atoms with Crippen LogP contribution in [0.2, 0.25) is 0 Å². The van der Waals surface area contributed by atoms with Gasteiger partial charge in [-0.2, -0.15) is 0 Å². The highest BCUT2D eigenvalue weighted by Gasteiger charge is 2.39. The highest BCUT2D eigenvalue weighted by Crippen LogP contribution is 2.29. The summed E-state index contributed by atoms with van der Waals surface area (Å²) in [4.78, 5) is 2.44. The third kappa shape index (κ3) is 2.89. The molecule has 2 aliphatic heterocycles. The van der Waals surface area contributed by atoms with Crippen LogP contribution in [-0.4, -0.2) is 36.0 Å². The second kappa shape index (κ2) is 5.08. The van der Waals surface area contributed by atoms with Crippen molar-refractivity contribution in [1.29, 1.82) is 0 Å². The molecule has 0 aromatic heterocycles. The van der Waals surface area contributed by atoms with Gasteiger partial charge in [-0.3, -0.25) is 4.90 Å². The molecular formula is C16H21NO2. The van der Waals surface area contributed by atoms with Gasteiger partial charge in [0.25, 0.3) is 0 Å². The Bertz CT molecular complexity index is 455. The number of ether oxygens (including phenoxy) is 2. The fourth-order valence-corrected chi connectivity index (χ4v) is 2.81. The first-order valence-corrected chi connectivity index (χ1v) is 6.90. The summed E-state index contributed by atoms with van der Waals surface area (Å²) in [5, 5.41) is 0. The van der Waals surface area contributed by atoms with E-state index in [9.17, 15) is 0 Å². The minimum Gasteiger partial charge on any atom is -0.348 e. The molecule has 1 aromatic carbocycles. The highest BCUT2D eigenvalue weighted by atomic mass is 16.7. The molecule has 2 heterocycles. The van der Waals surface area contributed by atoms with Gasteiger partial charge in [0.1, 0.15) is 6.10 Å². The summed E-state index contributed by atoms with van der Waals surface area (Å²) in [6.07, 6.45) is 4.61. The number of nitrogens with zero attached hydrogens (tertiary/aromatic N) is 1. The van der Waals surface area contributed by atoms with Gasteiger partial charge in [0.05, 0.1) is 12.6 Å². The first-order valence-electron chi connectivity index (χ1n) is 6.90. The van der Waals surface area contributed by atoms with Crippen molar-refractivity contribution in [1.82, 2.24) is 4.90 Å². The molecule has 0 aliphatic carbocycles. The molecule has 19 heavy (non-hydrogen) atoms. The molecule has 1 aromatic rings. The first kappa shape index (κ1) is 12.9. The average Bonchev–Trinajstić information content (AvgIpc) is 2.97. The van der Waals surface area contributed by atoms with Crippen molar-refractivity contribution in [3.8, 4) is 0 Å². The number of hydrogen-bond donors (Lipinski definition) is 0. The van der Waals surface area contributed by atoms with Crippen molar-refractivity contribution in [2.45, 2.75) is 38.3 Å². The van der Waals surface area contributed by atoms with Gasteiger partial charge in [0, 0.05) is 13.1 Å². The topological polar surface area (TPSA) is 21.7 Å². The predicted molar refractivity (Wildman–Crippen MR) is 74.7 cm³/mol. The lowest BCUT2D eigenvalue weighted by Crippen LogP contribution is -2.40. The van der Waals surface area contributed by atoms with E-state index in [-0.39, 0.29) is 6.10 Å². The summed E-state index contributed by atoms with van der Waals surface area (Å²) in [5.41, 5.74) is 1.34. The van der Waals surface area contributed by atoms with Crippen molar-refractivity contribution in [3.63, 3.8) is 0 Å². The molecule has 0 amide bonds. The van der Waals surface area contributed by atoms with Gasteiger partial charge in [-0.15, -0.1) is 0 Å². The molecule has 1 saturated heterocycles. The van der Waals surface area contributed by atoms with Crippen molar-refractivity contribution in [2.24, 2.45) is 0 Å². The van der Waals surface area contributed by atoms with Gasteiger partial charge in [-0.1, -0.05) is 42.5 Å². The van der Waals surface area contributed by atoms with Crippen molar-refractivity contribution in [3.05, 3.63) is 48.0 Å². The largest absolute Gasteiger partial charge is 0.348 e. The summed E-state index contributed by atoms with van der Waals surface area (Å²) in [7, 11) is 0. The van der Waals surface area contributed by atoms with E-state index in [1.54, 1.807) is 0 Å². The van der Waals surface area contributed by atoms with E-state index >= 15 is 0 Å². The summed E-state index contributed by atoms with van der Waals surface area (Å²) >= 11 is 0. The number of rotatable bonds is 3. The van der Waals surface area contributed by atoms with Crippen LogP contribution in [0.25, 0.3) is 0 Å². The molecule has 102 valence electrons. The van der Waals surface area contributed by atoms with E-state index in [0.29, 0.717) is 12.6 Å². The molecule has 2 atom stereocenters. The second-order valence-electron chi connectivity index (χ2n) is 5.70. The van der Waals surface area contributed by atoms with Crippen LogP contribution < -0.4 is 0 Å². The van der Waals surface area contributed by atoms with Crippen LogP contribution in [0.15, 0.2) is 42.5 Å². The van der Waals surface area contributed by atoms with E-state index in [1.165, 1.54) is 5.56 Å². The Hall–Kier alpha value is -1.16. The van der Waals surface area contributed by atoms with Crippen molar-refractivity contribution in [2.75, 3.05) is 13.2 Å². The maximum atomic E-state index is 5.99. The molecule has 1 fully saturated rings. The third-order valence-electron chi connectivity index (χ3n) is 3.73. The van der Waals surface area contributed by atoms with Gasteiger partial charge in [-0.05, 0) is 19.4 Å². The van der Waals surface area contributed by atoms with Gasteiger partial charge >= 0.3 is 0 Å². The Labute approximate surface area is 114 Å². The van der Waals surface area contributed by atoms with Crippen molar-refractivity contribution < 1.29 is 9.47 Å². The fraction of sp³-hybridized carbons (Fsp3) is 0.500. The normalized spacial score (nSPS) is 30.0. The lowest BCUT2D eigenvalue weighted by Gasteiger charge is -2.28. The van der Waals surface area contributed by atoms with E-state index < -0.39 is 5.79 Å². The van der Waals surface area contributed by atoms with Crippen LogP contribution in [0.1, 0.15) is 19.4 Å². The van der Waals surface area contributed by atoms with Crippen LogP contribution in [0.5, 0.6) is 0 Å². The maximum absolute atomic E-state index is 5.99. The van der Waals surface area contributed by atoms with E-state index in [0.717, 1.165) is 13.1 Å². The Balaban J connectivity index is 1.67. The summed E-state index contributed by atoms with van der Waals surface area (Å²) in [5.74, 6) is -0.445. The molecule has 0 saturated carbocycles. The maximum Gasteiger partial charge on any atom is 0.163 e. The van der Waals surface area contributed by atoms with E-state index in [2.05, 4.69) is 47.4 Å². The van der Waals surface area contributed by atoms with Crippen LogP contribution >= 0.6 is 0 Å². The van der Waals surface area contributed by atoms with Crippen molar-refractivity contribution >= 4 is 0 Å². The summed E-state index contributed by atoms with van der Waals surface area (Å²) < 4.78 is 11.7. The zero-order chi connectivity index (χ0) is 13.3. The van der Waals surface area contributed by atoms with Gasteiger partial charge in [-0.25, -0.2) is 0 Å². The van der Waals surface area contributed by atoms with Gasteiger partial charge in [0.15, 0.2) is 5.79 Å². The zero-order valence-corrected chi connectivity index (χ0v) is 11.6. The Morgan fingerprint density at radius 1 is 1.26 bits per heavy atom. The predicted octanol–water partition coefficient (Wildman–Crippen LogP) is 2.58. The lowest BCUT2D eigenvalue weighted by molar-refractivity contribution is -0.143. The van der Waals surface area contributed by atoms with E-state index in [1.807, 2.05) is 13.8 Å². The average molecular weight is 259 g/mol. The molecule has 0 bridgehead atoms. The van der Waals surface area contributed by atoms with Crippen LogP contribution in [-0.2, 0) is 16.0 Å². The molecule has 0 radical (unpaired) electrons. The molecule has 3 rings (SSSR count). The second-order valence-corrected chi connectivity index (χ2v) is 5.70. The van der Waals surface area contributed by atoms with Crippen LogP contribution in [0, 0.1) is 0 Å². The fourth-order valence-electron chi connectivity index (χ4n) is 2.81. The summed E-state index contributed by atoms with van der Waals surface area (Å²) in [6.45, 7) is 6.58.